The molecule has 0 aliphatic carbocycles. The van der Waals surface area contributed by atoms with Gasteiger partial charge in [-0.2, -0.15) is 5.26 Å². The number of amides is 3. The second-order valence-electron chi connectivity index (χ2n) is 5.00. The Hall–Kier alpha value is -2.88. The molecule has 2 aliphatic rings. The number of carbonyl (C=O) groups excluding carboxylic acids is 3. The van der Waals surface area contributed by atoms with Gasteiger partial charge in [-0.1, -0.05) is 0 Å². The minimum absolute atomic E-state index is 0.0573. The molecule has 1 aromatic rings. The van der Waals surface area contributed by atoms with Crippen molar-refractivity contribution in [3.63, 3.8) is 0 Å². The molecule has 0 radical (unpaired) electrons. The van der Waals surface area contributed by atoms with Gasteiger partial charge in [0.25, 0.3) is 5.91 Å². The molecule has 0 bridgehead atoms. The van der Waals surface area contributed by atoms with Crippen LogP contribution in [-0.4, -0.2) is 33.8 Å². The minimum Gasteiger partial charge on any atom is -0.506 e. The summed E-state index contributed by atoms with van der Waals surface area (Å²) in [5, 5.41) is 21.1. The van der Waals surface area contributed by atoms with Gasteiger partial charge in [-0.25, -0.2) is 0 Å². The first-order chi connectivity index (χ1) is 10.0. The van der Waals surface area contributed by atoms with Crippen molar-refractivity contribution in [2.75, 3.05) is 0 Å². The summed E-state index contributed by atoms with van der Waals surface area (Å²) in [6.07, 6.45) is 0.433. The molecule has 0 saturated carbocycles. The van der Waals surface area contributed by atoms with Crippen LogP contribution in [0.1, 0.15) is 34.3 Å². The lowest BCUT2D eigenvalue weighted by Gasteiger charge is -2.29. The fourth-order valence-electron chi connectivity index (χ4n) is 2.72. The number of piperidine rings is 1. The highest BCUT2D eigenvalue weighted by atomic mass is 16.3. The predicted molar refractivity (Wildman–Crippen MR) is 68.9 cm³/mol. The van der Waals surface area contributed by atoms with Crippen molar-refractivity contribution in [3.8, 4) is 11.8 Å². The lowest BCUT2D eigenvalue weighted by atomic mass is 10.0. The first-order valence-corrected chi connectivity index (χ1v) is 6.42. The molecule has 7 nitrogen and oxygen atoms in total. The molecule has 1 atom stereocenters. The van der Waals surface area contributed by atoms with Crippen molar-refractivity contribution >= 4 is 17.7 Å². The summed E-state index contributed by atoms with van der Waals surface area (Å²) in [6.45, 7) is 0.0573. The van der Waals surface area contributed by atoms with Crippen molar-refractivity contribution < 1.29 is 19.5 Å². The van der Waals surface area contributed by atoms with E-state index in [1.54, 1.807) is 0 Å². The number of fused-ring (bicyclic) bond motifs is 1. The summed E-state index contributed by atoms with van der Waals surface area (Å²) in [7, 11) is 0. The van der Waals surface area contributed by atoms with Crippen LogP contribution in [0.4, 0.5) is 0 Å². The molecule has 0 aromatic heterocycles. The molecule has 1 saturated heterocycles. The van der Waals surface area contributed by atoms with E-state index in [4.69, 9.17) is 5.26 Å². The monoisotopic (exact) mass is 285 g/mol. The average Bonchev–Trinajstić information content (AvgIpc) is 2.78. The van der Waals surface area contributed by atoms with Gasteiger partial charge in [-0.05, 0) is 18.6 Å². The topological polar surface area (TPSA) is 110 Å². The Morgan fingerprint density at radius 2 is 2.10 bits per heavy atom. The number of phenolic OH excluding ortho intramolecular Hbond substituents is 1. The van der Waals surface area contributed by atoms with E-state index in [0.29, 0.717) is 5.56 Å². The lowest BCUT2D eigenvalue weighted by molar-refractivity contribution is -0.136. The van der Waals surface area contributed by atoms with Gasteiger partial charge in [0, 0.05) is 17.5 Å². The zero-order valence-corrected chi connectivity index (χ0v) is 10.9. The van der Waals surface area contributed by atoms with E-state index < -0.39 is 11.9 Å². The maximum absolute atomic E-state index is 12.3. The number of nitriles is 1. The number of nitrogens with zero attached hydrogens (tertiary/aromatic N) is 2. The fourth-order valence-corrected chi connectivity index (χ4v) is 2.72. The molecular weight excluding hydrogens is 274 g/mol. The van der Waals surface area contributed by atoms with Crippen molar-refractivity contribution in [2.45, 2.75) is 25.4 Å². The molecule has 7 heteroatoms. The number of imide groups is 1. The maximum atomic E-state index is 12.3. The van der Waals surface area contributed by atoms with Crippen molar-refractivity contribution in [2.24, 2.45) is 0 Å². The van der Waals surface area contributed by atoms with Crippen LogP contribution in [0.2, 0.25) is 0 Å². The molecular formula is C14H11N3O4. The van der Waals surface area contributed by atoms with Crippen LogP contribution in [0.3, 0.4) is 0 Å². The van der Waals surface area contributed by atoms with E-state index in [-0.39, 0.29) is 48.1 Å². The summed E-state index contributed by atoms with van der Waals surface area (Å²) in [5.74, 6) is -1.46. The molecule has 1 unspecified atom stereocenters. The number of carbonyl (C=O) groups is 3. The molecule has 2 N–H and O–H groups in total. The van der Waals surface area contributed by atoms with Gasteiger partial charge in [0.15, 0.2) is 0 Å². The highest BCUT2D eigenvalue weighted by Crippen LogP contribution is 2.34. The Morgan fingerprint density at radius 1 is 1.33 bits per heavy atom. The van der Waals surface area contributed by atoms with Gasteiger partial charge < -0.3 is 10.0 Å². The van der Waals surface area contributed by atoms with Crippen LogP contribution < -0.4 is 5.32 Å². The third-order valence-electron chi connectivity index (χ3n) is 3.81. The summed E-state index contributed by atoms with van der Waals surface area (Å²) in [4.78, 5) is 36.7. The predicted octanol–water partition coefficient (Wildman–Crippen LogP) is 0.0249. The van der Waals surface area contributed by atoms with Gasteiger partial charge >= 0.3 is 0 Å². The number of hydrogen-bond donors (Lipinski definition) is 2. The Balaban J connectivity index is 1.94. The van der Waals surface area contributed by atoms with Gasteiger partial charge in [0.05, 0.1) is 12.1 Å². The second-order valence-corrected chi connectivity index (χ2v) is 5.00. The Bertz CT molecular complexity index is 720. The van der Waals surface area contributed by atoms with Crippen LogP contribution >= 0.6 is 0 Å². The molecule has 106 valence electrons. The van der Waals surface area contributed by atoms with Crippen LogP contribution in [0.15, 0.2) is 12.1 Å². The highest BCUT2D eigenvalue weighted by molar-refractivity contribution is 6.05. The van der Waals surface area contributed by atoms with E-state index in [2.05, 4.69) is 5.32 Å². The quantitative estimate of drug-likeness (QED) is 0.707. The SMILES string of the molecule is N#Cc1ccc2c(c1O)CN(C1CCC(=O)NC1=O)C2=O. The Morgan fingerprint density at radius 3 is 2.76 bits per heavy atom. The second kappa shape index (κ2) is 4.59. The van der Waals surface area contributed by atoms with Gasteiger partial charge in [0.2, 0.25) is 11.8 Å². The summed E-state index contributed by atoms with van der Waals surface area (Å²) >= 11 is 0. The van der Waals surface area contributed by atoms with Crippen LogP contribution in [0.25, 0.3) is 0 Å². The molecule has 1 fully saturated rings. The van der Waals surface area contributed by atoms with Gasteiger partial charge in [-0.15, -0.1) is 0 Å². The molecule has 21 heavy (non-hydrogen) atoms. The van der Waals surface area contributed by atoms with E-state index in [9.17, 15) is 19.5 Å². The normalized spacial score (nSPS) is 21.0. The molecule has 2 heterocycles. The number of phenols is 1. The van der Waals surface area contributed by atoms with Crippen molar-refractivity contribution in [1.29, 1.82) is 5.26 Å². The lowest BCUT2D eigenvalue weighted by Crippen LogP contribution is -2.52. The Kier molecular flexibility index (Phi) is 2.87. The highest BCUT2D eigenvalue weighted by Gasteiger charge is 2.40. The molecule has 3 amide bonds. The van der Waals surface area contributed by atoms with E-state index >= 15 is 0 Å². The minimum atomic E-state index is -0.729. The summed E-state index contributed by atoms with van der Waals surface area (Å²) < 4.78 is 0. The Labute approximate surface area is 119 Å². The van der Waals surface area contributed by atoms with Gasteiger partial charge in [-0.3, -0.25) is 19.7 Å². The van der Waals surface area contributed by atoms with Crippen LogP contribution in [-0.2, 0) is 16.1 Å². The zero-order valence-electron chi connectivity index (χ0n) is 10.9. The van der Waals surface area contributed by atoms with Gasteiger partial charge in [0.1, 0.15) is 17.9 Å². The summed E-state index contributed by atoms with van der Waals surface area (Å²) in [5.41, 5.74) is 0.728. The number of hydrogen-bond acceptors (Lipinski definition) is 5. The number of rotatable bonds is 1. The van der Waals surface area contributed by atoms with E-state index in [1.165, 1.54) is 17.0 Å². The first-order valence-electron chi connectivity index (χ1n) is 6.42. The van der Waals surface area contributed by atoms with Crippen molar-refractivity contribution in [1.82, 2.24) is 10.2 Å². The third-order valence-corrected chi connectivity index (χ3v) is 3.81. The number of benzene rings is 1. The average molecular weight is 285 g/mol. The number of nitrogens with one attached hydrogen (secondary N) is 1. The zero-order chi connectivity index (χ0) is 15.1. The van der Waals surface area contributed by atoms with Crippen LogP contribution in [0, 0.1) is 11.3 Å². The molecule has 3 rings (SSSR count). The third kappa shape index (κ3) is 1.92. The largest absolute Gasteiger partial charge is 0.506 e. The fraction of sp³-hybridized carbons (Fsp3) is 0.286. The van der Waals surface area contributed by atoms with Crippen molar-refractivity contribution in [3.05, 3.63) is 28.8 Å². The first kappa shape index (κ1) is 13.1. The summed E-state index contributed by atoms with van der Waals surface area (Å²) in [6, 6.07) is 3.96. The van der Waals surface area contributed by atoms with E-state index in [0.717, 1.165) is 0 Å². The number of aromatic hydroxyl groups is 1. The molecule has 0 spiro atoms. The van der Waals surface area contributed by atoms with Crippen LogP contribution in [0.5, 0.6) is 5.75 Å². The van der Waals surface area contributed by atoms with E-state index in [1.807, 2.05) is 6.07 Å². The molecule has 1 aromatic carbocycles. The standard InChI is InChI=1S/C14H11N3O4/c15-5-7-1-2-8-9(12(7)19)6-17(14(8)21)10-3-4-11(18)16-13(10)20/h1-2,10,19H,3-4,6H2,(H,16,18,20). The molecule has 2 aliphatic heterocycles. The smallest absolute Gasteiger partial charge is 0.255 e. The maximum Gasteiger partial charge on any atom is 0.255 e.